The van der Waals surface area contributed by atoms with Gasteiger partial charge in [-0.05, 0) is 78.6 Å². The van der Waals surface area contributed by atoms with Gasteiger partial charge >= 0.3 is 0 Å². The number of hydrogen-bond acceptors (Lipinski definition) is 6. The molecule has 1 aliphatic carbocycles. The van der Waals surface area contributed by atoms with Crippen molar-refractivity contribution in [2.45, 2.75) is 30.2 Å². The van der Waals surface area contributed by atoms with Gasteiger partial charge in [-0.3, -0.25) is 4.79 Å². The molecule has 1 amide bonds. The highest BCUT2D eigenvalue weighted by molar-refractivity contribution is 7.89. The van der Waals surface area contributed by atoms with E-state index in [1.807, 2.05) is 11.4 Å². The molecule has 1 atom stereocenters. The molecular formula is C27H29FN2O5S2. The number of nitrogens with zero attached hydrogens (tertiary/aromatic N) is 2. The molecule has 10 heteroatoms. The van der Waals surface area contributed by atoms with Crippen LogP contribution in [0.4, 0.5) is 4.39 Å². The van der Waals surface area contributed by atoms with E-state index in [0.29, 0.717) is 31.0 Å². The van der Waals surface area contributed by atoms with E-state index in [2.05, 4.69) is 0 Å². The van der Waals surface area contributed by atoms with Crippen LogP contribution in [-0.2, 0) is 21.2 Å². The molecule has 0 bridgehead atoms. The van der Waals surface area contributed by atoms with Gasteiger partial charge in [0.25, 0.3) is 0 Å². The van der Waals surface area contributed by atoms with Crippen molar-refractivity contribution in [2.24, 2.45) is 5.92 Å². The van der Waals surface area contributed by atoms with E-state index in [0.717, 1.165) is 18.4 Å². The summed E-state index contributed by atoms with van der Waals surface area (Å²) in [6.07, 6.45) is 2.60. The van der Waals surface area contributed by atoms with Crippen LogP contribution in [0.3, 0.4) is 0 Å². The van der Waals surface area contributed by atoms with Gasteiger partial charge in [0, 0.05) is 24.0 Å². The zero-order valence-electron chi connectivity index (χ0n) is 20.5. The molecule has 0 saturated heterocycles. The number of rotatable bonds is 10. The maximum absolute atomic E-state index is 13.7. The second-order valence-corrected chi connectivity index (χ2v) is 12.3. The maximum atomic E-state index is 13.7. The topological polar surface area (TPSA) is 76.2 Å². The maximum Gasteiger partial charge on any atom is 0.243 e. The van der Waals surface area contributed by atoms with Crippen molar-refractivity contribution in [1.29, 1.82) is 0 Å². The number of amides is 1. The predicted octanol–water partition coefficient (Wildman–Crippen LogP) is 4.50. The lowest BCUT2D eigenvalue weighted by atomic mass is 10.0. The third kappa shape index (κ3) is 5.81. The van der Waals surface area contributed by atoms with Crippen LogP contribution in [0.5, 0.6) is 11.5 Å². The molecule has 0 spiro atoms. The molecule has 0 N–H and O–H groups in total. The van der Waals surface area contributed by atoms with Crippen LogP contribution in [-0.4, -0.2) is 56.9 Å². The summed E-state index contributed by atoms with van der Waals surface area (Å²) in [5.74, 6) is 0.530. The molecule has 37 heavy (non-hydrogen) atoms. The third-order valence-electron chi connectivity index (χ3n) is 6.79. The number of halogens is 1. The molecule has 196 valence electrons. The lowest BCUT2D eigenvalue weighted by Gasteiger charge is -2.37. The summed E-state index contributed by atoms with van der Waals surface area (Å²) in [7, 11) is -2.36. The number of ether oxygens (including phenoxy) is 2. The van der Waals surface area contributed by atoms with Crippen molar-refractivity contribution in [1.82, 2.24) is 9.21 Å². The molecule has 2 aromatic carbocycles. The zero-order valence-corrected chi connectivity index (χ0v) is 22.1. The molecule has 7 nitrogen and oxygen atoms in total. The molecule has 3 aromatic rings. The Kier molecular flexibility index (Phi) is 7.50. The van der Waals surface area contributed by atoms with Gasteiger partial charge in [-0.2, -0.15) is 4.31 Å². The van der Waals surface area contributed by atoms with Crippen molar-refractivity contribution in [3.05, 3.63) is 76.2 Å². The fraction of sp³-hybridized carbons (Fsp3) is 0.370. The summed E-state index contributed by atoms with van der Waals surface area (Å²) in [4.78, 5) is 16.7. The Bertz CT molecular complexity index is 1360. The highest BCUT2D eigenvalue weighted by atomic mass is 32.2. The second-order valence-electron chi connectivity index (χ2n) is 9.34. The summed E-state index contributed by atoms with van der Waals surface area (Å²) in [6.45, 7) is 0.666. The van der Waals surface area contributed by atoms with E-state index in [1.165, 1.54) is 40.6 Å². The van der Waals surface area contributed by atoms with Crippen LogP contribution in [0.25, 0.3) is 0 Å². The molecule has 5 rings (SSSR count). The SMILES string of the molecule is COc1ccc(S(=O)(=O)N(CC(=O)N2CCc3sccc3[C@H]2COc2cccc(F)c2)CC2CC2)cc1. The van der Waals surface area contributed by atoms with Gasteiger partial charge in [-0.25, -0.2) is 12.8 Å². The zero-order chi connectivity index (χ0) is 26.0. The standard InChI is InChI=1S/C27H29FN2O5S2/c1-34-21-7-9-23(10-8-21)37(32,33)29(16-19-5-6-19)17-27(31)30-13-11-26-24(12-14-36-26)25(30)18-35-22-4-2-3-20(28)15-22/h2-4,7-10,12,14-15,19,25H,5-6,11,13,16-18H2,1H3/t25-/m1/s1. The lowest BCUT2D eigenvalue weighted by Crippen LogP contribution is -2.48. The first-order chi connectivity index (χ1) is 17.8. The average molecular weight is 545 g/mol. The number of thiophene rings is 1. The molecule has 0 radical (unpaired) electrons. The van der Waals surface area contributed by atoms with Crippen LogP contribution >= 0.6 is 11.3 Å². The summed E-state index contributed by atoms with van der Waals surface area (Å²) < 4.78 is 53.1. The Labute approximate surface area is 220 Å². The molecule has 2 aliphatic rings. The Morgan fingerprint density at radius 3 is 2.62 bits per heavy atom. The summed E-state index contributed by atoms with van der Waals surface area (Å²) >= 11 is 1.63. The van der Waals surface area contributed by atoms with Crippen LogP contribution < -0.4 is 9.47 Å². The van der Waals surface area contributed by atoms with E-state index < -0.39 is 21.9 Å². The minimum atomic E-state index is -3.88. The number of carbonyl (C=O) groups is 1. The van der Waals surface area contributed by atoms with E-state index in [4.69, 9.17) is 9.47 Å². The number of methoxy groups -OCH3 is 1. The predicted molar refractivity (Wildman–Crippen MR) is 139 cm³/mol. The molecule has 1 aliphatic heterocycles. The van der Waals surface area contributed by atoms with Crippen LogP contribution in [0.2, 0.25) is 0 Å². The molecule has 2 heterocycles. The highest BCUT2D eigenvalue weighted by Crippen LogP contribution is 2.35. The molecular weight excluding hydrogens is 515 g/mol. The second kappa shape index (κ2) is 10.8. The molecule has 1 aromatic heterocycles. The molecule has 0 unspecified atom stereocenters. The van der Waals surface area contributed by atoms with Crippen molar-refractivity contribution in [2.75, 3.05) is 33.4 Å². The van der Waals surface area contributed by atoms with Crippen molar-refractivity contribution in [3.63, 3.8) is 0 Å². The van der Waals surface area contributed by atoms with Gasteiger partial charge in [0.05, 0.1) is 24.6 Å². The van der Waals surface area contributed by atoms with E-state index in [9.17, 15) is 17.6 Å². The molecule has 1 fully saturated rings. The number of benzene rings is 2. The third-order valence-corrected chi connectivity index (χ3v) is 9.61. The number of fused-ring (bicyclic) bond motifs is 1. The number of hydrogen-bond donors (Lipinski definition) is 0. The lowest BCUT2D eigenvalue weighted by molar-refractivity contribution is -0.135. The van der Waals surface area contributed by atoms with Crippen molar-refractivity contribution < 1.29 is 27.1 Å². The Hall–Kier alpha value is -2.95. The minimum Gasteiger partial charge on any atom is -0.497 e. The summed E-state index contributed by atoms with van der Waals surface area (Å²) in [5.41, 5.74) is 0.993. The Morgan fingerprint density at radius 2 is 1.92 bits per heavy atom. The Balaban J connectivity index is 1.37. The quantitative estimate of drug-likeness (QED) is 0.376. The van der Waals surface area contributed by atoms with Gasteiger partial charge in [0.15, 0.2) is 0 Å². The normalized spacial score (nSPS) is 17.5. The smallest absolute Gasteiger partial charge is 0.243 e. The summed E-state index contributed by atoms with van der Waals surface area (Å²) in [5, 5.41) is 1.99. The number of sulfonamides is 1. The van der Waals surface area contributed by atoms with E-state index in [-0.39, 0.29) is 29.9 Å². The first-order valence-corrected chi connectivity index (χ1v) is 14.6. The van der Waals surface area contributed by atoms with Gasteiger partial charge < -0.3 is 14.4 Å². The fourth-order valence-electron chi connectivity index (χ4n) is 4.58. The minimum absolute atomic E-state index is 0.131. The molecule has 1 saturated carbocycles. The van der Waals surface area contributed by atoms with Gasteiger partial charge in [0.1, 0.15) is 23.9 Å². The van der Waals surface area contributed by atoms with Crippen molar-refractivity contribution in [3.8, 4) is 11.5 Å². The van der Waals surface area contributed by atoms with Crippen LogP contribution in [0.1, 0.15) is 29.3 Å². The largest absolute Gasteiger partial charge is 0.497 e. The number of carbonyl (C=O) groups excluding carboxylic acids is 1. The van der Waals surface area contributed by atoms with E-state index in [1.54, 1.807) is 40.5 Å². The van der Waals surface area contributed by atoms with Crippen molar-refractivity contribution >= 4 is 27.3 Å². The first kappa shape index (κ1) is 25.7. The van der Waals surface area contributed by atoms with Gasteiger partial charge in [-0.1, -0.05) is 6.07 Å². The summed E-state index contributed by atoms with van der Waals surface area (Å²) in [6, 6.07) is 13.7. The van der Waals surface area contributed by atoms with Crippen LogP contribution in [0, 0.1) is 11.7 Å². The monoisotopic (exact) mass is 544 g/mol. The Morgan fingerprint density at radius 1 is 1.14 bits per heavy atom. The van der Waals surface area contributed by atoms with Gasteiger partial charge in [-0.15, -0.1) is 11.3 Å². The van der Waals surface area contributed by atoms with Gasteiger partial charge in [0.2, 0.25) is 15.9 Å². The van der Waals surface area contributed by atoms with E-state index >= 15 is 0 Å². The highest BCUT2D eigenvalue weighted by Gasteiger charge is 2.37. The van der Waals surface area contributed by atoms with Crippen LogP contribution in [0.15, 0.2) is 64.9 Å². The first-order valence-electron chi connectivity index (χ1n) is 12.2. The fourth-order valence-corrected chi connectivity index (χ4v) is 6.97. The average Bonchev–Trinajstić information content (AvgIpc) is 3.59.